The molecule has 8 heteroatoms. The van der Waals surface area contributed by atoms with Gasteiger partial charge in [-0.1, -0.05) is 5.16 Å². The molecule has 100 valence electrons. The highest BCUT2D eigenvalue weighted by Crippen LogP contribution is 2.17. The van der Waals surface area contributed by atoms with Crippen LogP contribution in [0, 0.1) is 0 Å². The van der Waals surface area contributed by atoms with Crippen molar-refractivity contribution in [2.24, 2.45) is 0 Å². The van der Waals surface area contributed by atoms with Gasteiger partial charge in [0, 0.05) is 19.2 Å². The fraction of sp³-hybridized carbons (Fsp3) is 0.455. The lowest BCUT2D eigenvalue weighted by atomic mass is 10.4. The minimum atomic E-state index is 0.222. The van der Waals surface area contributed by atoms with E-state index in [0.29, 0.717) is 18.4 Å². The number of nitrogens with one attached hydrogen (secondary N) is 1. The molecule has 3 N–H and O–H groups in total. The van der Waals surface area contributed by atoms with Crippen LogP contribution in [0.4, 0.5) is 17.8 Å². The van der Waals surface area contributed by atoms with Crippen LogP contribution in [0.1, 0.15) is 18.5 Å². The van der Waals surface area contributed by atoms with E-state index in [1.807, 2.05) is 0 Å². The zero-order chi connectivity index (χ0) is 13.1. The van der Waals surface area contributed by atoms with Crippen molar-refractivity contribution >= 4 is 17.8 Å². The van der Waals surface area contributed by atoms with E-state index in [1.165, 1.54) is 6.26 Å². The Balaban J connectivity index is 1.73. The van der Waals surface area contributed by atoms with E-state index in [2.05, 4.69) is 30.3 Å². The summed E-state index contributed by atoms with van der Waals surface area (Å²) in [4.78, 5) is 14.7. The average Bonchev–Trinajstić information content (AvgIpc) is 3.09. The minimum Gasteiger partial charge on any atom is -0.368 e. The third kappa shape index (κ3) is 2.72. The van der Waals surface area contributed by atoms with Crippen molar-refractivity contribution in [3.05, 3.63) is 18.0 Å². The first-order valence-corrected chi connectivity index (χ1v) is 6.21. The van der Waals surface area contributed by atoms with Gasteiger partial charge in [-0.05, 0) is 12.8 Å². The second-order valence-corrected chi connectivity index (χ2v) is 4.36. The molecule has 0 bridgehead atoms. The zero-order valence-electron chi connectivity index (χ0n) is 10.4. The molecule has 0 amide bonds. The van der Waals surface area contributed by atoms with Gasteiger partial charge in [0.1, 0.15) is 12.0 Å². The second kappa shape index (κ2) is 5.09. The van der Waals surface area contributed by atoms with E-state index in [4.69, 9.17) is 10.3 Å². The van der Waals surface area contributed by atoms with Crippen LogP contribution in [0.15, 0.2) is 16.9 Å². The van der Waals surface area contributed by atoms with Crippen LogP contribution in [0.3, 0.4) is 0 Å². The predicted molar refractivity (Wildman–Crippen MR) is 69.5 cm³/mol. The summed E-state index contributed by atoms with van der Waals surface area (Å²) in [5, 5.41) is 6.86. The Kier molecular flexibility index (Phi) is 3.13. The van der Waals surface area contributed by atoms with Crippen LogP contribution in [0.5, 0.6) is 0 Å². The molecule has 3 heterocycles. The summed E-state index contributed by atoms with van der Waals surface area (Å²) in [5.41, 5.74) is 6.49. The smallest absolute Gasteiger partial charge is 0.231 e. The summed E-state index contributed by atoms with van der Waals surface area (Å²) < 4.78 is 4.76. The van der Waals surface area contributed by atoms with Gasteiger partial charge in [-0.25, -0.2) is 0 Å². The maximum absolute atomic E-state index is 5.71. The second-order valence-electron chi connectivity index (χ2n) is 4.36. The van der Waals surface area contributed by atoms with Crippen molar-refractivity contribution in [1.82, 2.24) is 20.1 Å². The average molecular weight is 261 g/mol. The van der Waals surface area contributed by atoms with Crippen molar-refractivity contribution in [3.63, 3.8) is 0 Å². The van der Waals surface area contributed by atoms with Crippen molar-refractivity contribution < 1.29 is 4.52 Å². The summed E-state index contributed by atoms with van der Waals surface area (Å²) in [6, 6.07) is 1.78. The molecule has 1 aliphatic rings. The number of hydrogen-bond donors (Lipinski definition) is 2. The summed E-state index contributed by atoms with van der Waals surface area (Å²) >= 11 is 0. The van der Waals surface area contributed by atoms with Crippen LogP contribution in [-0.4, -0.2) is 33.2 Å². The number of nitrogens with zero attached hydrogens (tertiary/aromatic N) is 5. The first kappa shape index (κ1) is 11.7. The molecule has 2 aromatic heterocycles. The molecule has 0 atom stereocenters. The molecule has 2 aromatic rings. The topological polar surface area (TPSA) is 106 Å². The molecule has 1 saturated heterocycles. The zero-order valence-corrected chi connectivity index (χ0v) is 10.4. The van der Waals surface area contributed by atoms with Crippen molar-refractivity contribution in [2.45, 2.75) is 19.4 Å². The van der Waals surface area contributed by atoms with E-state index in [-0.39, 0.29) is 5.95 Å². The summed E-state index contributed by atoms with van der Waals surface area (Å²) in [6.07, 6.45) is 3.84. The highest BCUT2D eigenvalue weighted by atomic mass is 16.5. The Bertz CT molecular complexity index is 536. The Morgan fingerprint density at radius 3 is 2.84 bits per heavy atom. The normalized spacial score (nSPS) is 14.8. The first-order valence-electron chi connectivity index (χ1n) is 6.21. The molecular formula is C11H15N7O. The highest BCUT2D eigenvalue weighted by Gasteiger charge is 2.16. The Morgan fingerprint density at radius 2 is 2.11 bits per heavy atom. The maximum atomic E-state index is 5.71. The van der Waals surface area contributed by atoms with E-state index in [1.54, 1.807) is 6.07 Å². The van der Waals surface area contributed by atoms with Crippen LogP contribution in [0.2, 0.25) is 0 Å². The van der Waals surface area contributed by atoms with E-state index >= 15 is 0 Å². The largest absolute Gasteiger partial charge is 0.368 e. The van der Waals surface area contributed by atoms with E-state index in [0.717, 1.165) is 31.6 Å². The van der Waals surface area contributed by atoms with Gasteiger partial charge in [0.15, 0.2) is 0 Å². The van der Waals surface area contributed by atoms with Crippen molar-refractivity contribution in [3.8, 4) is 0 Å². The van der Waals surface area contributed by atoms with Gasteiger partial charge in [0.2, 0.25) is 17.8 Å². The molecule has 0 saturated carbocycles. The fourth-order valence-corrected chi connectivity index (χ4v) is 2.02. The van der Waals surface area contributed by atoms with Crippen LogP contribution >= 0.6 is 0 Å². The third-order valence-electron chi connectivity index (χ3n) is 2.95. The molecule has 8 nitrogen and oxygen atoms in total. The lowest BCUT2D eigenvalue weighted by molar-refractivity contribution is 0.412. The molecule has 0 spiro atoms. The van der Waals surface area contributed by atoms with Gasteiger partial charge in [-0.15, -0.1) is 0 Å². The van der Waals surface area contributed by atoms with E-state index < -0.39 is 0 Å². The van der Waals surface area contributed by atoms with Gasteiger partial charge in [0.25, 0.3) is 0 Å². The molecule has 1 fully saturated rings. The first-order chi connectivity index (χ1) is 9.31. The number of nitrogen functional groups attached to an aromatic ring is 1. The molecule has 0 radical (unpaired) electrons. The summed E-state index contributed by atoms with van der Waals surface area (Å²) in [5.74, 6) is 1.31. The molecule has 1 aliphatic heterocycles. The standard InChI is InChI=1S/C11H15N7O/c12-9-14-10(13-7-8-3-6-19-17-8)16-11(15-9)18-4-1-2-5-18/h3,6H,1-2,4-5,7H2,(H3,12,13,14,15,16). The highest BCUT2D eigenvalue weighted by molar-refractivity contribution is 5.42. The SMILES string of the molecule is Nc1nc(NCc2ccon2)nc(N2CCCC2)n1. The predicted octanol–water partition coefficient (Wildman–Crippen LogP) is 0.654. The molecule has 0 aromatic carbocycles. The lowest BCUT2D eigenvalue weighted by Gasteiger charge is -2.15. The fourth-order valence-electron chi connectivity index (χ4n) is 2.02. The van der Waals surface area contributed by atoms with Crippen LogP contribution in [0.25, 0.3) is 0 Å². The van der Waals surface area contributed by atoms with Gasteiger partial charge in [-0.2, -0.15) is 15.0 Å². The number of anilines is 3. The molecule has 19 heavy (non-hydrogen) atoms. The Hall–Kier alpha value is -2.38. The molecular weight excluding hydrogens is 246 g/mol. The molecule has 0 aliphatic carbocycles. The summed E-state index contributed by atoms with van der Waals surface area (Å²) in [6.45, 7) is 2.41. The quantitative estimate of drug-likeness (QED) is 0.826. The van der Waals surface area contributed by atoms with Crippen molar-refractivity contribution in [1.29, 1.82) is 0 Å². The number of nitrogens with two attached hydrogens (primary N) is 1. The van der Waals surface area contributed by atoms with Gasteiger partial charge < -0.3 is 20.5 Å². The Morgan fingerprint density at radius 1 is 1.26 bits per heavy atom. The third-order valence-corrected chi connectivity index (χ3v) is 2.95. The van der Waals surface area contributed by atoms with Crippen LogP contribution < -0.4 is 16.0 Å². The lowest BCUT2D eigenvalue weighted by Crippen LogP contribution is -2.22. The number of rotatable bonds is 4. The van der Waals surface area contributed by atoms with Crippen molar-refractivity contribution in [2.75, 3.05) is 29.0 Å². The van der Waals surface area contributed by atoms with Gasteiger partial charge >= 0.3 is 0 Å². The summed E-state index contributed by atoms with van der Waals surface area (Å²) in [7, 11) is 0. The van der Waals surface area contributed by atoms with Gasteiger partial charge in [0.05, 0.1) is 6.54 Å². The monoisotopic (exact) mass is 261 g/mol. The number of aromatic nitrogens is 4. The van der Waals surface area contributed by atoms with Gasteiger partial charge in [-0.3, -0.25) is 0 Å². The number of hydrogen-bond acceptors (Lipinski definition) is 8. The van der Waals surface area contributed by atoms with Crippen LogP contribution in [-0.2, 0) is 6.54 Å². The maximum Gasteiger partial charge on any atom is 0.231 e. The Labute approximate surface area is 110 Å². The minimum absolute atomic E-state index is 0.222. The molecule has 3 rings (SSSR count). The molecule has 0 unspecified atom stereocenters. The van der Waals surface area contributed by atoms with E-state index in [9.17, 15) is 0 Å².